The maximum Gasteiger partial charge on any atom is 0.138 e. The predicted molar refractivity (Wildman–Crippen MR) is 85.6 cm³/mol. The topological polar surface area (TPSA) is 29.5 Å². The number of methoxy groups -OCH3 is 1. The van der Waals surface area contributed by atoms with Gasteiger partial charge in [0.25, 0.3) is 0 Å². The maximum atomic E-state index is 10.6. The normalized spacial score (nSPS) is 12.5. The fourth-order valence-corrected chi connectivity index (χ4v) is 2.76. The molecule has 1 atom stereocenters. The van der Waals surface area contributed by atoms with Crippen LogP contribution in [0.3, 0.4) is 0 Å². The highest BCUT2D eigenvalue weighted by molar-refractivity contribution is 8.03. The summed E-state index contributed by atoms with van der Waals surface area (Å²) in [5.74, 6) is 0.756. The van der Waals surface area contributed by atoms with Crippen molar-refractivity contribution < 1.29 is 9.84 Å². The molecule has 0 aromatic heterocycles. The Kier molecular flexibility index (Phi) is 6.41. The van der Waals surface area contributed by atoms with Crippen molar-refractivity contribution in [1.29, 1.82) is 0 Å². The van der Waals surface area contributed by atoms with E-state index < -0.39 is 6.10 Å². The van der Waals surface area contributed by atoms with E-state index in [-0.39, 0.29) is 5.41 Å². The van der Waals surface area contributed by atoms with Crippen LogP contribution >= 0.6 is 11.8 Å². The number of aliphatic hydroxyl groups excluding tert-OH is 1. The molecule has 2 nitrogen and oxygen atoms in total. The second-order valence-electron chi connectivity index (χ2n) is 5.65. The molecule has 3 heteroatoms. The molecule has 0 saturated carbocycles. The number of hydrogen-bond acceptors (Lipinski definition) is 3. The van der Waals surface area contributed by atoms with Gasteiger partial charge in [-0.1, -0.05) is 63.4 Å². The largest absolute Gasteiger partial charge is 0.493 e. The van der Waals surface area contributed by atoms with Crippen LogP contribution in [0.25, 0.3) is 0 Å². The summed E-state index contributed by atoms with van der Waals surface area (Å²) in [7, 11) is 1.64. The third kappa shape index (κ3) is 5.09. The second kappa shape index (κ2) is 7.58. The lowest BCUT2D eigenvalue weighted by Crippen LogP contribution is -2.26. The van der Waals surface area contributed by atoms with E-state index in [0.29, 0.717) is 0 Å². The Labute approximate surface area is 126 Å². The van der Waals surface area contributed by atoms with Gasteiger partial charge in [0.2, 0.25) is 0 Å². The summed E-state index contributed by atoms with van der Waals surface area (Å²) in [6.45, 7) is 8.07. The van der Waals surface area contributed by atoms with E-state index in [1.807, 2.05) is 58.0 Å². The van der Waals surface area contributed by atoms with E-state index >= 15 is 0 Å². The van der Waals surface area contributed by atoms with Gasteiger partial charge in [-0.25, -0.2) is 0 Å². The van der Waals surface area contributed by atoms with E-state index in [1.165, 1.54) is 11.8 Å². The molecule has 0 heterocycles. The lowest BCUT2D eigenvalue weighted by Gasteiger charge is -2.26. The minimum absolute atomic E-state index is 0.239. The van der Waals surface area contributed by atoms with Gasteiger partial charge in [-0.2, -0.15) is 0 Å². The van der Waals surface area contributed by atoms with Crippen LogP contribution in [0.5, 0.6) is 0 Å². The van der Waals surface area contributed by atoms with Crippen LogP contribution in [0.15, 0.2) is 51.6 Å². The molecule has 0 aliphatic heterocycles. The average molecular weight is 292 g/mol. The SMILES string of the molecule is CCC(=C=C(Sc1ccccc1)C(O)C(C)(C)C)OC. The molecule has 20 heavy (non-hydrogen) atoms. The number of benzene rings is 1. The highest BCUT2D eigenvalue weighted by atomic mass is 32.2. The van der Waals surface area contributed by atoms with Crippen LogP contribution in [-0.2, 0) is 4.74 Å². The summed E-state index contributed by atoms with van der Waals surface area (Å²) in [4.78, 5) is 1.88. The third-order valence-electron chi connectivity index (χ3n) is 2.87. The first-order valence-electron chi connectivity index (χ1n) is 6.83. The number of rotatable bonds is 5. The fraction of sp³-hybridized carbons (Fsp3) is 0.471. The smallest absolute Gasteiger partial charge is 0.138 e. The Morgan fingerprint density at radius 1 is 1.30 bits per heavy atom. The Bertz CT molecular complexity index is 473. The van der Waals surface area contributed by atoms with Crippen molar-refractivity contribution in [2.24, 2.45) is 5.41 Å². The Hall–Kier alpha value is -1.15. The van der Waals surface area contributed by atoms with Crippen LogP contribution < -0.4 is 0 Å². The maximum absolute atomic E-state index is 10.6. The minimum Gasteiger partial charge on any atom is -0.493 e. The summed E-state index contributed by atoms with van der Waals surface area (Å²) in [5.41, 5.74) is 2.99. The van der Waals surface area contributed by atoms with Gasteiger partial charge in [0, 0.05) is 11.3 Å². The van der Waals surface area contributed by atoms with Crippen molar-refractivity contribution in [3.05, 3.63) is 46.7 Å². The first-order chi connectivity index (χ1) is 9.38. The van der Waals surface area contributed by atoms with Gasteiger partial charge in [0.15, 0.2) is 0 Å². The Balaban J connectivity index is 3.18. The Morgan fingerprint density at radius 2 is 1.90 bits per heavy atom. The molecule has 0 spiro atoms. The van der Waals surface area contributed by atoms with Crippen molar-refractivity contribution >= 4 is 11.8 Å². The van der Waals surface area contributed by atoms with Crippen molar-refractivity contribution in [2.45, 2.75) is 45.1 Å². The van der Waals surface area contributed by atoms with Gasteiger partial charge in [-0.05, 0) is 17.5 Å². The number of ether oxygens (including phenoxy) is 1. The molecule has 0 aliphatic carbocycles. The van der Waals surface area contributed by atoms with Crippen molar-refractivity contribution in [3.63, 3.8) is 0 Å². The highest BCUT2D eigenvalue weighted by Gasteiger charge is 2.26. The van der Waals surface area contributed by atoms with Gasteiger partial charge in [-0.15, -0.1) is 0 Å². The first kappa shape index (κ1) is 16.9. The van der Waals surface area contributed by atoms with Crippen molar-refractivity contribution in [3.8, 4) is 0 Å². The lowest BCUT2D eigenvalue weighted by molar-refractivity contribution is 0.102. The second-order valence-corrected chi connectivity index (χ2v) is 6.77. The quantitative estimate of drug-likeness (QED) is 0.488. The summed E-state index contributed by atoms with van der Waals surface area (Å²) >= 11 is 1.54. The van der Waals surface area contributed by atoms with Crippen molar-refractivity contribution in [1.82, 2.24) is 0 Å². The predicted octanol–water partition coefficient (Wildman–Crippen LogP) is 4.61. The summed E-state index contributed by atoms with van der Waals surface area (Å²) in [6, 6.07) is 10.0. The number of aliphatic hydroxyl groups is 1. The molecule has 1 aromatic rings. The number of hydrogen-bond donors (Lipinski definition) is 1. The van der Waals surface area contributed by atoms with Gasteiger partial charge in [0.1, 0.15) is 5.76 Å². The van der Waals surface area contributed by atoms with Gasteiger partial charge in [-0.3, -0.25) is 0 Å². The monoisotopic (exact) mass is 292 g/mol. The van der Waals surface area contributed by atoms with Crippen LogP contribution in [0.4, 0.5) is 0 Å². The highest BCUT2D eigenvalue weighted by Crippen LogP contribution is 2.35. The number of thioether (sulfide) groups is 1. The van der Waals surface area contributed by atoms with Crippen LogP contribution in [-0.4, -0.2) is 18.3 Å². The Morgan fingerprint density at radius 3 is 2.35 bits per heavy atom. The molecule has 0 radical (unpaired) electrons. The third-order valence-corrected chi connectivity index (χ3v) is 3.92. The van der Waals surface area contributed by atoms with E-state index in [4.69, 9.17) is 4.74 Å². The molecule has 1 rings (SSSR count). The summed E-state index contributed by atoms with van der Waals surface area (Å²) < 4.78 is 5.29. The molecule has 1 N–H and O–H groups in total. The average Bonchev–Trinajstić information content (AvgIpc) is 2.42. The van der Waals surface area contributed by atoms with Crippen molar-refractivity contribution in [2.75, 3.05) is 7.11 Å². The first-order valence-corrected chi connectivity index (χ1v) is 7.64. The summed E-state index contributed by atoms with van der Waals surface area (Å²) in [5, 5.41) is 10.6. The fourth-order valence-electron chi connectivity index (χ4n) is 1.58. The van der Waals surface area contributed by atoms with E-state index in [2.05, 4.69) is 5.73 Å². The van der Waals surface area contributed by atoms with Crippen LogP contribution in [0.1, 0.15) is 34.1 Å². The van der Waals surface area contributed by atoms with Crippen LogP contribution in [0.2, 0.25) is 0 Å². The van der Waals surface area contributed by atoms with Gasteiger partial charge in [0.05, 0.1) is 18.1 Å². The van der Waals surface area contributed by atoms with Crippen LogP contribution in [0, 0.1) is 5.41 Å². The molecule has 0 fully saturated rings. The molecule has 1 aromatic carbocycles. The molecule has 110 valence electrons. The van der Waals surface area contributed by atoms with Gasteiger partial charge < -0.3 is 9.84 Å². The minimum atomic E-state index is -0.579. The van der Waals surface area contributed by atoms with E-state index in [9.17, 15) is 5.11 Å². The molecular formula is C17H24O2S. The zero-order valence-corrected chi connectivity index (χ0v) is 13.8. The molecular weight excluding hydrogens is 268 g/mol. The molecule has 0 saturated heterocycles. The summed E-state index contributed by atoms with van der Waals surface area (Å²) in [6.07, 6.45) is 0.177. The molecule has 1 unspecified atom stereocenters. The molecule has 0 aliphatic rings. The van der Waals surface area contributed by atoms with E-state index in [0.717, 1.165) is 22.0 Å². The zero-order valence-electron chi connectivity index (χ0n) is 12.9. The lowest BCUT2D eigenvalue weighted by atomic mass is 9.89. The molecule has 0 bridgehead atoms. The molecule has 0 amide bonds. The van der Waals surface area contributed by atoms with Gasteiger partial charge >= 0.3 is 0 Å². The van der Waals surface area contributed by atoms with E-state index in [1.54, 1.807) is 7.11 Å². The standard InChI is InChI=1S/C17H24O2S/c1-6-13(19-5)12-15(16(18)17(2,3)4)20-14-10-8-7-9-11-14/h7-11,16,18H,6H2,1-5H3. The zero-order chi connectivity index (χ0) is 15.2.